The summed E-state index contributed by atoms with van der Waals surface area (Å²) in [6.45, 7) is 6.53. The molecule has 0 saturated carbocycles. The number of guanidine groups is 1. The van der Waals surface area contributed by atoms with Crippen molar-refractivity contribution in [2.24, 2.45) is 4.99 Å². The largest absolute Gasteiger partial charge is 0.379 e. The van der Waals surface area contributed by atoms with E-state index in [0.29, 0.717) is 12.1 Å². The fraction of sp³-hybridized carbons (Fsp3) is 0.600. The molecule has 1 aromatic carbocycles. The summed E-state index contributed by atoms with van der Waals surface area (Å²) in [7, 11) is 5.30. The lowest BCUT2D eigenvalue weighted by molar-refractivity contribution is 0.0372. The van der Waals surface area contributed by atoms with Crippen molar-refractivity contribution in [1.29, 1.82) is 0 Å². The Morgan fingerprint density at radius 3 is 2.48 bits per heavy atom. The summed E-state index contributed by atoms with van der Waals surface area (Å²) >= 11 is 0. The van der Waals surface area contributed by atoms with E-state index in [2.05, 4.69) is 20.5 Å². The molecule has 7 heteroatoms. The van der Waals surface area contributed by atoms with Crippen LogP contribution in [0.2, 0.25) is 0 Å². The van der Waals surface area contributed by atoms with Crippen LogP contribution in [0.3, 0.4) is 0 Å². The molecule has 1 fully saturated rings. The van der Waals surface area contributed by atoms with Crippen LogP contribution in [0, 0.1) is 0 Å². The van der Waals surface area contributed by atoms with Gasteiger partial charge in [0, 0.05) is 52.9 Å². The molecule has 150 valence electrons. The van der Waals surface area contributed by atoms with Gasteiger partial charge < -0.3 is 20.3 Å². The molecule has 1 aliphatic rings. The van der Waals surface area contributed by atoms with Gasteiger partial charge in [-0.15, -0.1) is 0 Å². The highest BCUT2D eigenvalue weighted by molar-refractivity contribution is 5.93. The van der Waals surface area contributed by atoms with Crippen LogP contribution in [0.5, 0.6) is 0 Å². The lowest BCUT2D eigenvalue weighted by Crippen LogP contribution is -2.38. The van der Waals surface area contributed by atoms with Crippen LogP contribution in [0.1, 0.15) is 28.8 Å². The van der Waals surface area contributed by atoms with Crippen LogP contribution in [0.15, 0.2) is 29.3 Å². The third-order valence-electron chi connectivity index (χ3n) is 4.59. The van der Waals surface area contributed by atoms with Crippen molar-refractivity contribution >= 4 is 11.9 Å². The molecule has 2 rings (SSSR count). The first kappa shape index (κ1) is 21.2. The van der Waals surface area contributed by atoms with Crippen molar-refractivity contribution in [1.82, 2.24) is 20.4 Å². The molecule has 1 heterocycles. The number of unbranched alkanes of at least 4 members (excludes halogenated alkanes) is 1. The topological polar surface area (TPSA) is 69.2 Å². The SMILES string of the molecule is CN=C(NCCCCN1CCOCC1)NCc1ccc(C(=O)N(C)C)cc1. The highest BCUT2D eigenvalue weighted by atomic mass is 16.5. The summed E-state index contributed by atoms with van der Waals surface area (Å²) in [5.41, 5.74) is 1.81. The summed E-state index contributed by atoms with van der Waals surface area (Å²) in [6.07, 6.45) is 2.28. The number of ether oxygens (including phenoxy) is 1. The molecule has 0 aromatic heterocycles. The van der Waals surface area contributed by atoms with Gasteiger partial charge in [0.05, 0.1) is 13.2 Å². The average molecular weight is 376 g/mol. The van der Waals surface area contributed by atoms with Crippen molar-refractivity contribution in [2.45, 2.75) is 19.4 Å². The number of morpholine rings is 1. The molecule has 2 N–H and O–H groups in total. The Morgan fingerprint density at radius 2 is 1.85 bits per heavy atom. The first-order valence-corrected chi connectivity index (χ1v) is 9.65. The lowest BCUT2D eigenvalue weighted by Gasteiger charge is -2.26. The van der Waals surface area contributed by atoms with Gasteiger partial charge in [0.25, 0.3) is 5.91 Å². The summed E-state index contributed by atoms with van der Waals surface area (Å²) in [5.74, 6) is 0.818. The molecule has 0 spiro atoms. The smallest absolute Gasteiger partial charge is 0.253 e. The minimum Gasteiger partial charge on any atom is -0.379 e. The molecule has 1 aliphatic heterocycles. The van der Waals surface area contributed by atoms with Gasteiger partial charge in [-0.25, -0.2) is 0 Å². The third kappa shape index (κ3) is 7.56. The standard InChI is InChI=1S/C20H33N5O2/c1-21-20(22-10-4-5-11-25-12-14-27-15-13-25)23-16-17-6-8-18(9-7-17)19(26)24(2)3/h6-9H,4-5,10-16H2,1-3H3,(H2,21,22,23). The summed E-state index contributed by atoms with van der Waals surface area (Å²) < 4.78 is 5.37. The molecule has 7 nitrogen and oxygen atoms in total. The first-order chi connectivity index (χ1) is 13.1. The van der Waals surface area contributed by atoms with E-state index in [1.165, 1.54) is 6.42 Å². The van der Waals surface area contributed by atoms with Crippen molar-refractivity contribution in [3.05, 3.63) is 35.4 Å². The minimum atomic E-state index is 0.0177. The number of aliphatic imine (C=N–C) groups is 1. The Hall–Kier alpha value is -2.12. The quantitative estimate of drug-likeness (QED) is 0.405. The third-order valence-corrected chi connectivity index (χ3v) is 4.59. The summed E-state index contributed by atoms with van der Waals surface area (Å²) in [6, 6.07) is 7.67. The van der Waals surface area contributed by atoms with Crippen molar-refractivity contribution < 1.29 is 9.53 Å². The fourth-order valence-corrected chi connectivity index (χ4v) is 2.92. The number of nitrogens with zero attached hydrogens (tertiary/aromatic N) is 3. The number of hydrogen-bond donors (Lipinski definition) is 2. The Morgan fingerprint density at radius 1 is 1.15 bits per heavy atom. The Bertz CT molecular complexity index is 595. The molecular weight excluding hydrogens is 342 g/mol. The van der Waals surface area contributed by atoms with Crippen molar-refractivity contribution in [3.8, 4) is 0 Å². The van der Waals surface area contributed by atoms with Crippen LogP contribution >= 0.6 is 0 Å². The Labute approximate surface area is 162 Å². The van der Waals surface area contributed by atoms with E-state index in [-0.39, 0.29) is 5.91 Å². The number of rotatable bonds is 8. The zero-order valence-corrected chi connectivity index (χ0v) is 16.8. The summed E-state index contributed by atoms with van der Waals surface area (Å²) in [4.78, 5) is 20.2. The molecule has 1 saturated heterocycles. The van der Waals surface area contributed by atoms with Gasteiger partial charge in [-0.05, 0) is 37.1 Å². The van der Waals surface area contributed by atoms with Crippen LogP contribution in [-0.2, 0) is 11.3 Å². The number of amides is 1. The molecule has 0 radical (unpaired) electrons. The second kappa shape index (κ2) is 11.6. The van der Waals surface area contributed by atoms with Gasteiger partial charge in [-0.2, -0.15) is 0 Å². The average Bonchev–Trinajstić information content (AvgIpc) is 2.70. The van der Waals surface area contributed by atoms with Crippen molar-refractivity contribution in [3.63, 3.8) is 0 Å². The maximum atomic E-state index is 11.9. The van der Waals surface area contributed by atoms with Gasteiger partial charge in [0.2, 0.25) is 0 Å². The molecule has 0 unspecified atom stereocenters. The van der Waals surface area contributed by atoms with Gasteiger partial charge in [-0.1, -0.05) is 12.1 Å². The highest BCUT2D eigenvalue weighted by Gasteiger charge is 2.09. The zero-order valence-electron chi connectivity index (χ0n) is 16.8. The maximum absolute atomic E-state index is 11.9. The minimum absolute atomic E-state index is 0.0177. The number of benzene rings is 1. The van der Waals surface area contributed by atoms with E-state index >= 15 is 0 Å². The highest BCUT2D eigenvalue weighted by Crippen LogP contribution is 2.06. The molecular formula is C20H33N5O2. The van der Waals surface area contributed by atoms with Crippen LogP contribution in [0.4, 0.5) is 0 Å². The number of hydrogen-bond acceptors (Lipinski definition) is 4. The monoisotopic (exact) mass is 375 g/mol. The van der Waals surface area contributed by atoms with Crippen LogP contribution in [-0.4, -0.2) is 82.2 Å². The first-order valence-electron chi connectivity index (χ1n) is 9.65. The molecule has 27 heavy (non-hydrogen) atoms. The van der Waals surface area contributed by atoms with Gasteiger partial charge in [0.1, 0.15) is 0 Å². The predicted octanol–water partition coefficient (Wildman–Crippen LogP) is 1.17. The maximum Gasteiger partial charge on any atom is 0.253 e. The second-order valence-electron chi connectivity index (χ2n) is 6.91. The molecule has 0 atom stereocenters. The molecule has 0 aliphatic carbocycles. The zero-order chi connectivity index (χ0) is 19.5. The Balaban J connectivity index is 1.64. The second-order valence-corrected chi connectivity index (χ2v) is 6.91. The fourth-order valence-electron chi connectivity index (χ4n) is 2.92. The van der Waals surface area contributed by atoms with E-state index in [1.54, 1.807) is 26.0 Å². The van der Waals surface area contributed by atoms with E-state index in [1.807, 2.05) is 24.3 Å². The number of carbonyl (C=O) groups excluding carboxylic acids is 1. The number of nitrogens with one attached hydrogen (secondary N) is 2. The van der Waals surface area contributed by atoms with E-state index < -0.39 is 0 Å². The Kier molecular flexibility index (Phi) is 9.07. The molecule has 1 amide bonds. The summed E-state index contributed by atoms with van der Waals surface area (Å²) in [5, 5.41) is 6.67. The van der Waals surface area contributed by atoms with E-state index in [4.69, 9.17) is 4.74 Å². The van der Waals surface area contributed by atoms with Crippen LogP contribution < -0.4 is 10.6 Å². The lowest BCUT2D eigenvalue weighted by atomic mass is 10.1. The number of carbonyl (C=O) groups is 1. The molecule has 1 aromatic rings. The normalized spacial score (nSPS) is 15.4. The van der Waals surface area contributed by atoms with E-state index in [9.17, 15) is 4.79 Å². The van der Waals surface area contributed by atoms with E-state index in [0.717, 1.165) is 57.3 Å². The van der Waals surface area contributed by atoms with Gasteiger partial charge >= 0.3 is 0 Å². The van der Waals surface area contributed by atoms with Gasteiger partial charge in [-0.3, -0.25) is 14.7 Å². The van der Waals surface area contributed by atoms with Crippen molar-refractivity contribution in [2.75, 3.05) is 60.5 Å². The van der Waals surface area contributed by atoms with Gasteiger partial charge in [0.15, 0.2) is 5.96 Å². The molecule has 0 bridgehead atoms. The predicted molar refractivity (Wildman–Crippen MR) is 109 cm³/mol. The van der Waals surface area contributed by atoms with Crippen LogP contribution in [0.25, 0.3) is 0 Å².